The number of amides is 2. The Balaban J connectivity index is 1.84. The number of halogens is 2. The Kier molecular flexibility index (Phi) is 6.66. The number of hydrogen-bond donors (Lipinski definition) is 2. The summed E-state index contributed by atoms with van der Waals surface area (Å²) in [4.78, 5) is 25.0. The zero-order valence-electron chi connectivity index (χ0n) is 15.3. The van der Waals surface area contributed by atoms with Crippen LogP contribution in [0.3, 0.4) is 0 Å². The molecule has 2 N–H and O–H groups in total. The first kappa shape index (κ1) is 20.0. The van der Waals surface area contributed by atoms with Crippen LogP contribution in [-0.4, -0.2) is 18.6 Å². The molecule has 0 radical (unpaired) electrons. The van der Waals surface area contributed by atoms with E-state index in [1.165, 1.54) is 19.3 Å². The van der Waals surface area contributed by atoms with Crippen molar-refractivity contribution in [2.75, 3.05) is 6.61 Å². The number of urea groups is 1. The minimum atomic E-state index is -0.623. The minimum absolute atomic E-state index is 0.355. The number of hydrogen-bond acceptors (Lipinski definition) is 3. The molecule has 2 amide bonds. The van der Waals surface area contributed by atoms with Crippen molar-refractivity contribution in [2.45, 2.75) is 51.5 Å². The first-order chi connectivity index (χ1) is 13.0. The van der Waals surface area contributed by atoms with Gasteiger partial charge in [0.1, 0.15) is 0 Å². The summed E-state index contributed by atoms with van der Waals surface area (Å²) in [5, 5.41) is 6.32. The van der Waals surface area contributed by atoms with E-state index in [2.05, 4.69) is 10.6 Å². The van der Waals surface area contributed by atoms with E-state index in [0.717, 1.165) is 12.8 Å². The van der Waals surface area contributed by atoms with E-state index < -0.39 is 12.0 Å². The normalized spacial score (nSPS) is 20.9. The molecule has 1 fully saturated rings. The van der Waals surface area contributed by atoms with Crippen molar-refractivity contribution in [3.05, 3.63) is 45.1 Å². The fourth-order valence-corrected chi connectivity index (χ4v) is 4.01. The highest BCUT2D eigenvalue weighted by molar-refractivity contribution is 6.42. The molecule has 1 aliphatic carbocycles. The average Bonchev–Trinajstić information content (AvgIpc) is 2.68. The van der Waals surface area contributed by atoms with Crippen LogP contribution in [-0.2, 0) is 9.53 Å². The smallest absolute Gasteiger partial charge is 0.338 e. The van der Waals surface area contributed by atoms with E-state index in [-0.39, 0.29) is 6.03 Å². The molecule has 1 unspecified atom stereocenters. The monoisotopic (exact) mass is 410 g/mol. The summed E-state index contributed by atoms with van der Waals surface area (Å²) in [7, 11) is 0. The molecule has 5 nitrogen and oxygen atoms in total. The van der Waals surface area contributed by atoms with Crippen LogP contribution in [0.4, 0.5) is 4.79 Å². The lowest BCUT2D eigenvalue weighted by molar-refractivity contribution is -0.141. The van der Waals surface area contributed by atoms with Gasteiger partial charge >= 0.3 is 12.0 Å². The third-order valence-corrected chi connectivity index (χ3v) is 5.92. The topological polar surface area (TPSA) is 67.4 Å². The molecule has 1 aromatic carbocycles. The van der Waals surface area contributed by atoms with Gasteiger partial charge in [0, 0.05) is 5.70 Å². The van der Waals surface area contributed by atoms with Gasteiger partial charge in [-0.1, -0.05) is 55.5 Å². The molecule has 0 spiro atoms. The third kappa shape index (κ3) is 4.77. The van der Waals surface area contributed by atoms with Gasteiger partial charge in [0.15, 0.2) is 0 Å². The summed E-state index contributed by atoms with van der Waals surface area (Å²) in [5.41, 5.74) is 1.68. The maximum Gasteiger partial charge on any atom is 0.338 e. The lowest BCUT2D eigenvalue weighted by atomic mass is 9.90. The van der Waals surface area contributed by atoms with Crippen molar-refractivity contribution >= 4 is 35.2 Å². The van der Waals surface area contributed by atoms with Crippen molar-refractivity contribution in [2.24, 2.45) is 5.92 Å². The number of rotatable bonds is 5. The van der Waals surface area contributed by atoms with Crippen molar-refractivity contribution in [3.8, 4) is 0 Å². The maximum absolute atomic E-state index is 12.9. The van der Waals surface area contributed by atoms with Gasteiger partial charge in [0.05, 0.1) is 28.3 Å². The third-order valence-electron chi connectivity index (χ3n) is 5.18. The molecule has 146 valence electrons. The Hall–Kier alpha value is -1.72. The van der Waals surface area contributed by atoms with Crippen LogP contribution in [0.15, 0.2) is 29.5 Å². The fourth-order valence-electron chi connectivity index (χ4n) is 3.70. The van der Waals surface area contributed by atoms with Gasteiger partial charge in [-0.15, -0.1) is 0 Å². The van der Waals surface area contributed by atoms with E-state index in [9.17, 15) is 9.59 Å². The van der Waals surface area contributed by atoms with Gasteiger partial charge < -0.3 is 15.4 Å². The number of ether oxygens (including phenoxy) is 1. The van der Waals surface area contributed by atoms with Gasteiger partial charge in [0.25, 0.3) is 0 Å². The molecular formula is C20H24Cl2N2O3. The zero-order chi connectivity index (χ0) is 19.4. The van der Waals surface area contributed by atoms with Crippen molar-refractivity contribution in [1.29, 1.82) is 0 Å². The molecule has 1 saturated carbocycles. The van der Waals surface area contributed by atoms with E-state index in [4.69, 9.17) is 27.9 Å². The lowest BCUT2D eigenvalue weighted by Gasteiger charge is -2.30. The molecule has 1 aromatic rings. The molecule has 0 saturated heterocycles. The summed E-state index contributed by atoms with van der Waals surface area (Å²) in [6, 6.07) is 4.10. The van der Waals surface area contributed by atoms with Crippen LogP contribution in [0, 0.1) is 5.92 Å². The van der Waals surface area contributed by atoms with Crippen LogP contribution in [0.5, 0.6) is 0 Å². The number of nitrogens with one attached hydrogen (secondary N) is 2. The second kappa shape index (κ2) is 8.98. The van der Waals surface area contributed by atoms with Crippen LogP contribution in [0.1, 0.15) is 57.1 Å². The van der Waals surface area contributed by atoms with Gasteiger partial charge in [-0.05, 0) is 42.9 Å². The summed E-state index contributed by atoms with van der Waals surface area (Å²) in [6.07, 6.45) is 6.34. The fraction of sp³-hybridized carbons (Fsp3) is 0.500. The SMILES string of the molecule is CCC1=C(C(=O)OCC2CCCCC2)C(c2ccc(Cl)c(Cl)c2)NC(=O)N1. The van der Waals surface area contributed by atoms with Gasteiger partial charge in [-0.3, -0.25) is 0 Å². The molecule has 7 heteroatoms. The van der Waals surface area contributed by atoms with Crippen molar-refractivity contribution in [1.82, 2.24) is 10.6 Å². The van der Waals surface area contributed by atoms with E-state index in [1.54, 1.807) is 18.2 Å². The molecule has 2 aliphatic rings. The van der Waals surface area contributed by atoms with Crippen LogP contribution < -0.4 is 10.6 Å². The number of esters is 1. The minimum Gasteiger partial charge on any atom is -0.462 e. The van der Waals surface area contributed by atoms with Gasteiger partial charge in [-0.25, -0.2) is 9.59 Å². The number of benzene rings is 1. The predicted molar refractivity (Wildman–Crippen MR) is 106 cm³/mol. The Morgan fingerprint density at radius 2 is 1.93 bits per heavy atom. The first-order valence-corrected chi connectivity index (χ1v) is 10.2. The molecule has 3 rings (SSSR count). The molecule has 1 heterocycles. The Labute approximate surface area is 169 Å². The molecule has 1 atom stereocenters. The quantitative estimate of drug-likeness (QED) is 0.660. The number of carbonyl (C=O) groups excluding carboxylic acids is 2. The molecule has 1 aliphatic heterocycles. The number of allylic oxidation sites excluding steroid dienone is 1. The van der Waals surface area contributed by atoms with Crippen LogP contribution in [0.2, 0.25) is 10.0 Å². The number of carbonyl (C=O) groups is 2. The van der Waals surface area contributed by atoms with Gasteiger partial charge in [-0.2, -0.15) is 0 Å². The van der Waals surface area contributed by atoms with E-state index in [0.29, 0.717) is 45.8 Å². The Morgan fingerprint density at radius 3 is 2.59 bits per heavy atom. The van der Waals surface area contributed by atoms with Crippen LogP contribution >= 0.6 is 23.2 Å². The Morgan fingerprint density at radius 1 is 1.19 bits per heavy atom. The summed E-state index contributed by atoms with van der Waals surface area (Å²) >= 11 is 12.1. The first-order valence-electron chi connectivity index (χ1n) is 9.42. The largest absolute Gasteiger partial charge is 0.462 e. The van der Waals surface area contributed by atoms with Crippen LogP contribution in [0.25, 0.3) is 0 Å². The molecule has 0 aromatic heterocycles. The van der Waals surface area contributed by atoms with Crippen molar-refractivity contribution < 1.29 is 14.3 Å². The van der Waals surface area contributed by atoms with E-state index in [1.807, 2.05) is 6.92 Å². The highest BCUT2D eigenvalue weighted by atomic mass is 35.5. The highest BCUT2D eigenvalue weighted by Crippen LogP contribution is 2.33. The van der Waals surface area contributed by atoms with Gasteiger partial charge in [0.2, 0.25) is 0 Å². The molecule has 27 heavy (non-hydrogen) atoms. The van der Waals surface area contributed by atoms with E-state index >= 15 is 0 Å². The summed E-state index contributed by atoms with van der Waals surface area (Å²) in [5.74, 6) is 0.0175. The standard InChI is InChI=1S/C20H24Cl2N2O3/c1-2-16-17(19(25)27-11-12-6-4-3-5-7-12)18(24-20(26)23-16)13-8-9-14(21)15(22)10-13/h8-10,12,18H,2-7,11H2,1H3,(H2,23,24,26). The summed E-state index contributed by atoms with van der Waals surface area (Å²) in [6.45, 7) is 2.31. The zero-order valence-corrected chi connectivity index (χ0v) is 16.8. The highest BCUT2D eigenvalue weighted by Gasteiger charge is 2.33. The molecular weight excluding hydrogens is 387 g/mol. The second-order valence-corrected chi connectivity index (χ2v) is 7.87. The second-order valence-electron chi connectivity index (χ2n) is 7.05. The lowest BCUT2D eigenvalue weighted by Crippen LogP contribution is -2.46. The predicted octanol–water partition coefficient (Wildman–Crippen LogP) is 5.13. The Bertz CT molecular complexity index is 758. The van der Waals surface area contributed by atoms with Crippen molar-refractivity contribution in [3.63, 3.8) is 0 Å². The summed E-state index contributed by atoms with van der Waals surface area (Å²) < 4.78 is 5.65. The average molecular weight is 411 g/mol. The maximum atomic E-state index is 12.9. The molecule has 0 bridgehead atoms.